The third-order valence-electron chi connectivity index (χ3n) is 4.52. The van der Waals surface area contributed by atoms with Gasteiger partial charge >= 0.3 is 0 Å². The molecule has 7 heteroatoms. The standard InChI is InChI=1S/C19H31NO5S/c1-16-15-18(9-10-19(16)25-14-13-23-2)26(21,22)20-11-6-12-24-17-7-4-3-5-8-17/h9-10,15,17,20H,3-8,11-14H2,1-2H3. The van der Waals surface area contributed by atoms with Crippen molar-refractivity contribution in [2.45, 2.75) is 56.4 Å². The van der Waals surface area contributed by atoms with Gasteiger partial charge in [-0.3, -0.25) is 0 Å². The predicted molar refractivity (Wildman–Crippen MR) is 101 cm³/mol. The second kappa shape index (κ2) is 10.9. The van der Waals surface area contributed by atoms with Crippen LogP contribution < -0.4 is 9.46 Å². The van der Waals surface area contributed by atoms with Crippen LogP contribution in [0.2, 0.25) is 0 Å². The van der Waals surface area contributed by atoms with E-state index in [4.69, 9.17) is 14.2 Å². The van der Waals surface area contributed by atoms with Gasteiger partial charge in [-0.15, -0.1) is 0 Å². The molecular formula is C19H31NO5S. The molecule has 2 rings (SSSR count). The number of nitrogens with one attached hydrogen (secondary N) is 1. The summed E-state index contributed by atoms with van der Waals surface area (Å²) >= 11 is 0. The van der Waals surface area contributed by atoms with Crippen LogP contribution in [0.4, 0.5) is 0 Å². The van der Waals surface area contributed by atoms with Crippen LogP contribution in [-0.2, 0) is 19.5 Å². The fraction of sp³-hybridized carbons (Fsp3) is 0.684. The van der Waals surface area contributed by atoms with Crippen LogP contribution in [0, 0.1) is 6.92 Å². The van der Waals surface area contributed by atoms with E-state index in [0.29, 0.717) is 44.6 Å². The zero-order valence-corrected chi connectivity index (χ0v) is 16.6. The summed E-state index contributed by atoms with van der Waals surface area (Å²) in [6.45, 7) is 3.73. The van der Waals surface area contributed by atoms with Crippen LogP contribution in [0.1, 0.15) is 44.1 Å². The Morgan fingerprint density at radius 3 is 2.58 bits per heavy atom. The van der Waals surface area contributed by atoms with E-state index >= 15 is 0 Å². The number of benzene rings is 1. The predicted octanol–water partition coefficient (Wildman–Crippen LogP) is 3.04. The zero-order valence-electron chi connectivity index (χ0n) is 15.8. The fourth-order valence-electron chi connectivity index (χ4n) is 3.03. The number of sulfonamides is 1. The number of rotatable bonds is 11. The molecule has 26 heavy (non-hydrogen) atoms. The molecule has 1 N–H and O–H groups in total. The van der Waals surface area contributed by atoms with Gasteiger partial charge < -0.3 is 14.2 Å². The molecule has 1 aromatic carbocycles. The highest BCUT2D eigenvalue weighted by Gasteiger charge is 2.16. The molecule has 6 nitrogen and oxygen atoms in total. The van der Waals surface area contributed by atoms with Gasteiger partial charge in [0.25, 0.3) is 0 Å². The summed E-state index contributed by atoms with van der Waals surface area (Å²) in [6, 6.07) is 4.88. The van der Waals surface area contributed by atoms with Crippen molar-refractivity contribution in [1.29, 1.82) is 0 Å². The van der Waals surface area contributed by atoms with Gasteiger partial charge in [0.1, 0.15) is 12.4 Å². The van der Waals surface area contributed by atoms with Gasteiger partial charge in [-0.1, -0.05) is 19.3 Å². The molecule has 0 unspecified atom stereocenters. The first-order valence-corrected chi connectivity index (χ1v) is 10.8. The van der Waals surface area contributed by atoms with Crippen molar-refractivity contribution < 1.29 is 22.6 Å². The largest absolute Gasteiger partial charge is 0.491 e. The molecule has 1 aromatic rings. The number of hydrogen-bond acceptors (Lipinski definition) is 5. The Bertz CT molecular complexity index is 641. The average molecular weight is 386 g/mol. The second-order valence-electron chi connectivity index (χ2n) is 6.65. The van der Waals surface area contributed by atoms with Crippen LogP contribution in [-0.4, -0.2) is 48.0 Å². The fourth-order valence-corrected chi connectivity index (χ4v) is 4.19. The molecule has 0 bridgehead atoms. The molecule has 0 spiro atoms. The molecule has 148 valence electrons. The molecule has 0 saturated heterocycles. The monoisotopic (exact) mass is 385 g/mol. The van der Waals surface area contributed by atoms with Crippen LogP contribution in [0.5, 0.6) is 5.75 Å². The van der Waals surface area contributed by atoms with E-state index in [2.05, 4.69) is 4.72 Å². The molecule has 0 aliphatic heterocycles. The maximum atomic E-state index is 12.4. The van der Waals surface area contributed by atoms with E-state index in [1.807, 2.05) is 6.92 Å². The lowest BCUT2D eigenvalue weighted by Crippen LogP contribution is -2.26. The molecular weight excluding hydrogens is 354 g/mol. The van der Waals surface area contributed by atoms with Gasteiger partial charge in [0.05, 0.1) is 17.6 Å². The summed E-state index contributed by atoms with van der Waals surface area (Å²) in [7, 11) is -1.91. The molecule has 0 radical (unpaired) electrons. The van der Waals surface area contributed by atoms with Gasteiger partial charge in [-0.25, -0.2) is 13.1 Å². The van der Waals surface area contributed by atoms with E-state index in [9.17, 15) is 8.42 Å². The first-order chi connectivity index (χ1) is 12.5. The zero-order chi connectivity index (χ0) is 18.8. The van der Waals surface area contributed by atoms with E-state index in [0.717, 1.165) is 18.4 Å². The Labute approximate surface area is 157 Å². The third-order valence-corrected chi connectivity index (χ3v) is 5.98. The first-order valence-electron chi connectivity index (χ1n) is 9.36. The lowest BCUT2D eigenvalue weighted by Gasteiger charge is -2.21. The van der Waals surface area contributed by atoms with E-state index in [1.165, 1.54) is 19.3 Å². The number of aryl methyl sites for hydroxylation is 1. The van der Waals surface area contributed by atoms with Crippen molar-refractivity contribution in [3.8, 4) is 5.75 Å². The quantitative estimate of drug-likeness (QED) is 0.593. The molecule has 0 atom stereocenters. The molecule has 1 saturated carbocycles. The number of hydrogen-bond donors (Lipinski definition) is 1. The van der Waals surface area contributed by atoms with Gasteiger partial charge in [0.15, 0.2) is 0 Å². The van der Waals surface area contributed by atoms with Gasteiger partial charge in [0, 0.05) is 20.3 Å². The minimum Gasteiger partial charge on any atom is -0.491 e. The lowest BCUT2D eigenvalue weighted by atomic mass is 9.98. The molecule has 0 amide bonds. The molecule has 1 aliphatic carbocycles. The van der Waals surface area contributed by atoms with Gasteiger partial charge in [-0.2, -0.15) is 0 Å². The summed E-state index contributed by atoms with van der Waals surface area (Å²) in [5.74, 6) is 0.668. The smallest absolute Gasteiger partial charge is 0.240 e. The van der Waals surface area contributed by atoms with Crippen molar-refractivity contribution >= 4 is 10.0 Å². The van der Waals surface area contributed by atoms with Crippen molar-refractivity contribution in [2.75, 3.05) is 33.5 Å². The van der Waals surface area contributed by atoms with Crippen LogP contribution in [0.15, 0.2) is 23.1 Å². The van der Waals surface area contributed by atoms with Crippen molar-refractivity contribution in [3.05, 3.63) is 23.8 Å². The Kier molecular flexibility index (Phi) is 8.84. The molecule has 0 aromatic heterocycles. The van der Waals surface area contributed by atoms with E-state index < -0.39 is 10.0 Å². The maximum absolute atomic E-state index is 12.4. The first kappa shape index (κ1) is 21.2. The highest BCUT2D eigenvalue weighted by atomic mass is 32.2. The minimum absolute atomic E-state index is 0.252. The van der Waals surface area contributed by atoms with E-state index in [-0.39, 0.29) is 4.90 Å². The summed E-state index contributed by atoms with van der Waals surface area (Å²) < 4.78 is 43.8. The summed E-state index contributed by atoms with van der Waals surface area (Å²) in [4.78, 5) is 0.252. The summed E-state index contributed by atoms with van der Waals surface area (Å²) in [5.41, 5.74) is 0.782. The summed E-state index contributed by atoms with van der Waals surface area (Å²) in [6.07, 6.45) is 7.06. The van der Waals surface area contributed by atoms with Gasteiger partial charge in [0.2, 0.25) is 10.0 Å². The second-order valence-corrected chi connectivity index (χ2v) is 8.42. The third kappa shape index (κ3) is 6.87. The SMILES string of the molecule is COCCOc1ccc(S(=O)(=O)NCCCOC2CCCCC2)cc1C. The summed E-state index contributed by atoms with van der Waals surface area (Å²) in [5, 5.41) is 0. The van der Waals surface area contributed by atoms with Crippen LogP contribution >= 0.6 is 0 Å². The van der Waals surface area contributed by atoms with E-state index in [1.54, 1.807) is 25.3 Å². The Morgan fingerprint density at radius 1 is 1.12 bits per heavy atom. The normalized spacial score (nSPS) is 15.9. The minimum atomic E-state index is -3.52. The molecule has 0 heterocycles. The maximum Gasteiger partial charge on any atom is 0.240 e. The molecule has 1 fully saturated rings. The Morgan fingerprint density at radius 2 is 1.88 bits per heavy atom. The lowest BCUT2D eigenvalue weighted by molar-refractivity contribution is 0.0278. The van der Waals surface area contributed by atoms with Crippen molar-refractivity contribution in [3.63, 3.8) is 0 Å². The van der Waals surface area contributed by atoms with Crippen LogP contribution in [0.25, 0.3) is 0 Å². The Hall–Kier alpha value is -1.15. The molecule has 1 aliphatic rings. The van der Waals surface area contributed by atoms with Gasteiger partial charge in [-0.05, 0) is 49.9 Å². The topological polar surface area (TPSA) is 73.9 Å². The van der Waals surface area contributed by atoms with Crippen LogP contribution in [0.3, 0.4) is 0 Å². The van der Waals surface area contributed by atoms with Crippen molar-refractivity contribution in [1.82, 2.24) is 4.72 Å². The highest BCUT2D eigenvalue weighted by Crippen LogP contribution is 2.22. The average Bonchev–Trinajstić information content (AvgIpc) is 2.63. The van der Waals surface area contributed by atoms with Crippen molar-refractivity contribution in [2.24, 2.45) is 0 Å². The number of methoxy groups -OCH3 is 1. The number of ether oxygens (including phenoxy) is 3. The Balaban J connectivity index is 1.76. The highest BCUT2D eigenvalue weighted by molar-refractivity contribution is 7.89.